The number of ether oxygens (including phenoxy) is 2. The summed E-state index contributed by atoms with van der Waals surface area (Å²) in [5, 5.41) is 12.7. The Kier molecular flexibility index (Phi) is 10.0. The van der Waals surface area contributed by atoms with Crippen LogP contribution in [0.4, 0.5) is 0 Å². The van der Waals surface area contributed by atoms with E-state index in [9.17, 15) is 9.90 Å². The molecule has 2 N–H and O–H groups in total. The molecule has 0 radical (unpaired) electrons. The molecule has 0 bridgehead atoms. The summed E-state index contributed by atoms with van der Waals surface area (Å²) in [5.74, 6) is -0.694. The normalized spacial score (nSPS) is 19.0. The molecule has 1 fully saturated rings. The van der Waals surface area contributed by atoms with Crippen LogP contribution in [0.1, 0.15) is 41.1 Å². The monoisotopic (exact) mass is 667 g/mol. The highest BCUT2D eigenvalue weighted by Crippen LogP contribution is 2.39. The largest absolute Gasteiger partial charge is 0.392 e. The predicted molar refractivity (Wildman–Crippen MR) is 165 cm³/mol. The fourth-order valence-electron chi connectivity index (χ4n) is 4.73. The lowest BCUT2D eigenvalue weighted by Crippen LogP contribution is -2.33. The third-order valence-corrected chi connectivity index (χ3v) is 8.16. The maximum Gasteiger partial charge on any atom is 0.272 e. The number of halogens is 5. The van der Waals surface area contributed by atoms with E-state index in [-0.39, 0.29) is 30.5 Å². The van der Waals surface area contributed by atoms with Gasteiger partial charge in [0.15, 0.2) is 11.4 Å². The van der Waals surface area contributed by atoms with Crippen LogP contribution in [0.5, 0.6) is 0 Å². The number of imidazole rings is 1. The van der Waals surface area contributed by atoms with Gasteiger partial charge in [-0.25, -0.2) is 4.98 Å². The van der Waals surface area contributed by atoms with Gasteiger partial charge in [-0.05, 0) is 39.9 Å². The summed E-state index contributed by atoms with van der Waals surface area (Å²) in [6.45, 7) is 0.604. The lowest BCUT2D eigenvalue weighted by Gasteiger charge is -2.36. The van der Waals surface area contributed by atoms with Gasteiger partial charge in [-0.1, -0.05) is 119 Å². The summed E-state index contributed by atoms with van der Waals surface area (Å²) < 4.78 is 12.7. The van der Waals surface area contributed by atoms with Gasteiger partial charge >= 0.3 is 0 Å². The number of hydrogen-bond acceptors (Lipinski definition) is 5. The SMILES string of the molecule is O=C(NCc1cccc(-c2cccc(C3OC(Cn4cnc(Cl)c4Cl)CC(c4ccc(CO)cc4)O3)c2)c1)C(Cl)(Cl)Cl. The van der Waals surface area contributed by atoms with Crippen molar-refractivity contribution in [2.75, 3.05) is 0 Å². The minimum absolute atomic E-state index is 0.0344. The van der Waals surface area contributed by atoms with Gasteiger partial charge in [0.2, 0.25) is 0 Å². The number of nitrogens with zero attached hydrogens (tertiary/aromatic N) is 2. The van der Waals surface area contributed by atoms with E-state index in [1.807, 2.05) is 72.8 Å². The Balaban J connectivity index is 1.39. The number of rotatable bonds is 8. The zero-order valence-corrected chi connectivity index (χ0v) is 25.8. The van der Waals surface area contributed by atoms with Crippen LogP contribution in [0.2, 0.25) is 10.3 Å². The van der Waals surface area contributed by atoms with E-state index >= 15 is 0 Å². The first-order chi connectivity index (χ1) is 20.1. The van der Waals surface area contributed by atoms with Crippen LogP contribution in [-0.2, 0) is 34.0 Å². The molecule has 42 heavy (non-hydrogen) atoms. The van der Waals surface area contributed by atoms with Gasteiger partial charge in [-0.2, -0.15) is 0 Å². The maximum absolute atomic E-state index is 12.0. The van der Waals surface area contributed by atoms with Crippen molar-refractivity contribution < 1.29 is 19.4 Å². The summed E-state index contributed by atoms with van der Waals surface area (Å²) in [6.07, 6.45) is 0.960. The molecule has 3 aromatic carbocycles. The van der Waals surface area contributed by atoms with Crippen LogP contribution in [-0.4, -0.2) is 30.5 Å². The number of hydrogen-bond donors (Lipinski definition) is 2. The highest BCUT2D eigenvalue weighted by atomic mass is 35.6. The Bertz CT molecular complexity index is 1540. The minimum atomic E-state index is -2.03. The van der Waals surface area contributed by atoms with Crippen molar-refractivity contribution in [3.8, 4) is 11.1 Å². The van der Waals surface area contributed by atoms with E-state index in [0.29, 0.717) is 18.1 Å². The minimum Gasteiger partial charge on any atom is -0.392 e. The lowest BCUT2D eigenvalue weighted by atomic mass is 9.98. The van der Waals surface area contributed by atoms with Gasteiger partial charge in [-0.3, -0.25) is 4.79 Å². The Labute approximate surface area is 268 Å². The highest BCUT2D eigenvalue weighted by molar-refractivity contribution is 6.76. The highest BCUT2D eigenvalue weighted by Gasteiger charge is 2.33. The molecule has 220 valence electrons. The third kappa shape index (κ3) is 7.59. The fraction of sp³-hybridized carbons (Fsp3) is 0.267. The predicted octanol–water partition coefficient (Wildman–Crippen LogP) is 7.58. The Morgan fingerprint density at radius 1 is 0.952 bits per heavy atom. The van der Waals surface area contributed by atoms with Crippen LogP contribution in [0, 0.1) is 0 Å². The fourth-order valence-corrected chi connectivity index (χ4v) is 5.24. The first kappa shape index (κ1) is 31.1. The van der Waals surface area contributed by atoms with Gasteiger partial charge in [0, 0.05) is 18.5 Å². The van der Waals surface area contributed by atoms with Crippen molar-refractivity contribution in [3.63, 3.8) is 0 Å². The van der Waals surface area contributed by atoms with Crippen molar-refractivity contribution in [3.05, 3.63) is 112 Å². The number of aliphatic hydroxyl groups excluding tert-OH is 1. The molecule has 1 aliphatic rings. The van der Waals surface area contributed by atoms with E-state index in [1.54, 1.807) is 10.9 Å². The van der Waals surface area contributed by atoms with E-state index < -0.39 is 16.0 Å². The Morgan fingerprint density at radius 3 is 2.33 bits per heavy atom. The number of benzene rings is 3. The van der Waals surface area contributed by atoms with Crippen LogP contribution in [0.25, 0.3) is 11.1 Å². The van der Waals surface area contributed by atoms with Crippen molar-refractivity contribution in [1.29, 1.82) is 0 Å². The molecule has 1 aromatic heterocycles. The molecule has 3 atom stereocenters. The maximum atomic E-state index is 12.0. The average Bonchev–Trinajstić information content (AvgIpc) is 3.31. The van der Waals surface area contributed by atoms with Gasteiger partial charge in [0.1, 0.15) is 5.15 Å². The van der Waals surface area contributed by atoms with Crippen LogP contribution >= 0.6 is 58.0 Å². The number of carbonyl (C=O) groups is 1. The molecule has 0 saturated carbocycles. The van der Waals surface area contributed by atoms with Crippen LogP contribution in [0.3, 0.4) is 0 Å². The van der Waals surface area contributed by atoms with E-state index in [4.69, 9.17) is 67.5 Å². The lowest BCUT2D eigenvalue weighted by molar-refractivity contribution is -0.252. The topological polar surface area (TPSA) is 85.6 Å². The van der Waals surface area contributed by atoms with Gasteiger partial charge in [0.05, 0.1) is 31.7 Å². The Hall–Kier alpha value is -2.33. The summed E-state index contributed by atoms with van der Waals surface area (Å²) in [6, 6.07) is 23.3. The molecule has 1 aliphatic heterocycles. The summed E-state index contributed by atoms with van der Waals surface area (Å²) >= 11 is 29.4. The second kappa shape index (κ2) is 13.5. The summed E-state index contributed by atoms with van der Waals surface area (Å²) in [7, 11) is 0. The molecular formula is C30H26Cl5N3O4. The van der Waals surface area contributed by atoms with Crippen molar-refractivity contribution >= 4 is 63.9 Å². The van der Waals surface area contributed by atoms with E-state index in [2.05, 4.69) is 10.3 Å². The number of carbonyl (C=O) groups excluding carboxylic acids is 1. The Morgan fingerprint density at radius 2 is 1.67 bits per heavy atom. The van der Waals surface area contributed by atoms with Gasteiger partial charge in [-0.15, -0.1) is 0 Å². The number of nitrogens with one attached hydrogen (secondary N) is 1. The van der Waals surface area contributed by atoms with Crippen LogP contribution < -0.4 is 5.32 Å². The summed E-state index contributed by atoms with van der Waals surface area (Å²) in [4.78, 5) is 16.1. The summed E-state index contributed by atoms with van der Waals surface area (Å²) in [5.41, 5.74) is 5.33. The molecule has 1 amide bonds. The molecule has 7 nitrogen and oxygen atoms in total. The standard InChI is InChI=1S/C30H26Cl5N3O4/c31-26-27(32)38(17-37-26)15-24-13-25(20-9-7-18(16-39)8-10-20)42-28(41-24)23-6-2-5-22(12-23)21-4-1-3-19(11-21)14-36-29(40)30(33,34)35/h1-12,17,24-25,28,39H,13-16H2,(H,36,40). The molecule has 12 heteroatoms. The zero-order chi connectivity index (χ0) is 29.9. The second-order valence-corrected chi connectivity index (χ2v) is 12.8. The average molecular weight is 670 g/mol. The molecule has 0 spiro atoms. The zero-order valence-electron chi connectivity index (χ0n) is 22.0. The molecule has 2 heterocycles. The molecule has 5 rings (SSSR count). The quantitative estimate of drug-likeness (QED) is 0.189. The smallest absolute Gasteiger partial charge is 0.272 e. The first-order valence-corrected chi connectivity index (χ1v) is 14.9. The van der Waals surface area contributed by atoms with E-state index in [0.717, 1.165) is 33.4 Å². The second-order valence-electron chi connectivity index (χ2n) is 9.83. The van der Waals surface area contributed by atoms with Crippen molar-refractivity contribution in [2.45, 2.75) is 48.4 Å². The number of aromatic nitrogens is 2. The molecular weight excluding hydrogens is 644 g/mol. The van der Waals surface area contributed by atoms with Gasteiger partial charge in [0.25, 0.3) is 9.70 Å². The molecule has 0 aliphatic carbocycles. The molecule has 4 aromatic rings. The molecule has 1 saturated heterocycles. The van der Waals surface area contributed by atoms with Crippen molar-refractivity contribution in [2.24, 2.45) is 0 Å². The number of aliphatic hydroxyl groups is 1. The van der Waals surface area contributed by atoms with Crippen molar-refractivity contribution in [1.82, 2.24) is 14.9 Å². The van der Waals surface area contributed by atoms with Gasteiger partial charge < -0.3 is 24.5 Å². The van der Waals surface area contributed by atoms with Crippen LogP contribution in [0.15, 0.2) is 79.1 Å². The first-order valence-electron chi connectivity index (χ1n) is 13.0. The molecule has 3 unspecified atom stereocenters. The number of alkyl halides is 3. The number of amides is 1. The van der Waals surface area contributed by atoms with E-state index in [1.165, 1.54) is 0 Å². The third-order valence-electron chi connectivity index (χ3n) is 6.88.